The smallest absolute Gasteiger partial charge is 0.328 e. The third-order valence-electron chi connectivity index (χ3n) is 2.33. The average molecular weight is 331 g/mol. The molecule has 112 valence electrons. The lowest BCUT2D eigenvalue weighted by Crippen LogP contribution is -2.27. The average Bonchev–Trinajstić information content (AvgIpc) is 2.30. The summed E-state index contributed by atoms with van der Waals surface area (Å²) in [6.07, 6.45) is 0. The van der Waals surface area contributed by atoms with E-state index in [0.29, 0.717) is 0 Å². The molecular weight excluding hydrogens is 319 g/mol. The van der Waals surface area contributed by atoms with E-state index >= 15 is 0 Å². The Balaban J connectivity index is 3.28. The molecule has 0 radical (unpaired) electrons. The van der Waals surface area contributed by atoms with E-state index in [0.717, 1.165) is 12.1 Å². The maximum atomic E-state index is 12.0. The normalized spacial score (nSPS) is 12.4. The van der Waals surface area contributed by atoms with Crippen LogP contribution in [-0.2, 0) is 9.53 Å². The number of carbonyl (C=O) groups excluding carboxylic acids is 1. The minimum Gasteiger partial charge on any atom is -0.459 e. The van der Waals surface area contributed by atoms with E-state index in [1.165, 1.54) is 0 Å². The van der Waals surface area contributed by atoms with Crippen LogP contribution in [0.3, 0.4) is 0 Å². The van der Waals surface area contributed by atoms with Gasteiger partial charge >= 0.3 is 5.97 Å². The largest absolute Gasteiger partial charge is 0.459 e. The molecule has 1 atom stereocenters. The summed E-state index contributed by atoms with van der Waals surface area (Å²) in [6.45, 7) is 4.95. The van der Waals surface area contributed by atoms with E-state index < -0.39 is 22.4 Å². The van der Waals surface area contributed by atoms with Crippen LogP contribution in [0, 0.1) is 21.4 Å². The van der Waals surface area contributed by atoms with E-state index in [-0.39, 0.29) is 21.3 Å². The molecule has 0 bridgehead atoms. The van der Waals surface area contributed by atoms with Crippen molar-refractivity contribution in [3.05, 3.63) is 37.9 Å². The van der Waals surface area contributed by atoms with Crippen molar-refractivity contribution < 1.29 is 14.5 Å². The molecule has 0 N–H and O–H groups in total. The van der Waals surface area contributed by atoms with Crippen LogP contribution in [0.5, 0.6) is 0 Å². The predicted molar refractivity (Wildman–Crippen MR) is 77.3 cm³/mol. The number of nitriles is 1. The molecule has 0 amide bonds. The number of benzene rings is 1. The van der Waals surface area contributed by atoms with E-state index in [9.17, 15) is 20.2 Å². The van der Waals surface area contributed by atoms with Gasteiger partial charge in [-0.3, -0.25) is 14.9 Å². The molecule has 1 rings (SSSR count). The fourth-order valence-electron chi connectivity index (χ4n) is 1.55. The molecule has 6 nitrogen and oxygen atoms in total. The summed E-state index contributed by atoms with van der Waals surface area (Å²) in [5.74, 6) is -2.17. The van der Waals surface area contributed by atoms with Crippen LogP contribution in [0.25, 0.3) is 0 Å². The number of ether oxygens (including phenoxy) is 1. The number of esters is 1. The van der Waals surface area contributed by atoms with Gasteiger partial charge in [-0.05, 0) is 20.8 Å². The van der Waals surface area contributed by atoms with Crippen LogP contribution in [0.1, 0.15) is 32.3 Å². The maximum absolute atomic E-state index is 12.0. The summed E-state index contributed by atoms with van der Waals surface area (Å²) in [7, 11) is 0. The van der Waals surface area contributed by atoms with Gasteiger partial charge in [0.1, 0.15) is 5.60 Å². The second kappa shape index (κ2) is 6.29. The van der Waals surface area contributed by atoms with E-state index in [1.54, 1.807) is 26.8 Å². The Bertz CT molecular complexity index is 609. The van der Waals surface area contributed by atoms with Gasteiger partial charge in [-0.1, -0.05) is 23.2 Å². The highest BCUT2D eigenvalue weighted by molar-refractivity contribution is 6.37. The number of hydrogen-bond acceptors (Lipinski definition) is 5. The highest BCUT2D eigenvalue weighted by Crippen LogP contribution is 2.36. The molecule has 0 heterocycles. The number of hydrogen-bond donors (Lipinski definition) is 0. The number of nitrogens with zero attached hydrogens (tertiary/aromatic N) is 2. The van der Waals surface area contributed by atoms with Crippen LogP contribution >= 0.6 is 23.2 Å². The zero-order chi connectivity index (χ0) is 16.4. The SMILES string of the molecule is CC(C)(C)OC(=O)C(C#N)c1c(Cl)cc([N+](=O)[O-])cc1Cl. The van der Waals surface area contributed by atoms with Crippen LogP contribution < -0.4 is 0 Å². The van der Waals surface area contributed by atoms with Gasteiger partial charge in [0.25, 0.3) is 5.69 Å². The zero-order valence-electron chi connectivity index (χ0n) is 11.5. The minimum absolute atomic E-state index is 0.000633. The van der Waals surface area contributed by atoms with Gasteiger partial charge in [-0.15, -0.1) is 0 Å². The zero-order valence-corrected chi connectivity index (χ0v) is 13.0. The number of nitro benzene ring substituents is 1. The topological polar surface area (TPSA) is 93.2 Å². The monoisotopic (exact) mass is 330 g/mol. The molecule has 0 spiro atoms. The summed E-state index contributed by atoms with van der Waals surface area (Å²) < 4.78 is 5.12. The quantitative estimate of drug-likeness (QED) is 0.476. The highest BCUT2D eigenvalue weighted by Gasteiger charge is 2.31. The van der Waals surface area contributed by atoms with E-state index in [4.69, 9.17) is 27.9 Å². The molecule has 0 aliphatic heterocycles. The third kappa shape index (κ3) is 4.31. The fourth-order valence-corrected chi connectivity index (χ4v) is 2.24. The molecule has 0 aromatic heterocycles. The number of halogens is 2. The number of rotatable bonds is 3. The van der Waals surface area contributed by atoms with Gasteiger partial charge in [-0.2, -0.15) is 5.26 Å². The Labute approximate surface area is 131 Å². The van der Waals surface area contributed by atoms with Crippen molar-refractivity contribution in [3.8, 4) is 6.07 Å². The van der Waals surface area contributed by atoms with Crippen LogP contribution in [0.15, 0.2) is 12.1 Å². The first-order valence-corrected chi connectivity index (χ1v) is 6.58. The highest BCUT2D eigenvalue weighted by atomic mass is 35.5. The van der Waals surface area contributed by atoms with Crippen molar-refractivity contribution in [2.75, 3.05) is 0 Å². The van der Waals surface area contributed by atoms with Gasteiger partial charge in [0.2, 0.25) is 0 Å². The van der Waals surface area contributed by atoms with Gasteiger partial charge in [0.05, 0.1) is 21.0 Å². The van der Waals surface area contributed by atoms with Crippen molar-refractivity contribution in [1.82, 2.24) is 0 Å². The van der Waals surface area contributed by atoms with Crippen LogP contribution in [0.4, 0.5) is 5.69 Å². The molecule has 1 aromatic rings. The molecule has 0 aliphatic carbocycles. The molecule has 0 saturated heterocycles. The van der Waals surface area contributed by atoms with Crippen LogP contribution in [-0.4, -0.2) is 16.5 Å². The lowest BCUT2D eigenvalue weighted by molar-refractivity contribution is -0.384. The lowest BCUT2D eigenvalue weighted by atomic mass is 9.99. The molecule has 1 aromatic carbocycles. The Morgan fingerprint density at radius 3 is 2.19 bits per heavy atom. The second-order valence-electron chi connectivity index (χ2n) is 5.18. The van der Waals surface area contributed by atoms with Crippen molar-refractivity contribution in [1.29, 1.82) is 5.26 Å². The molecule has 21 heavy (non-hydrogen) atoms. The van der Waals surface area contributed by atoms with Gasteiger partial charge in [-0.25, -0.2) is 0 Å². The summed E-state index contributed by atoms with van der Waals surface area (Å²) in [6, 6.07) is 3.84. The summed E-state index contributed by atoms with van der Waals surface area (Å²) >= 11 is 11.8. The van der Waals surface area contributed by atoms with Crippen molar-refractivity contribution in [2.45, 2.75) is 32.3 Å². The van der Waals surface area contributed by atoms with Crippen molar-refractivity contribution in [2.24, 2.45) is 0 Å². The first-order chi connectivity index (χ1) is 9.56. The van der Waals surface area contributed by atoms with Gasteiger partial charge < -0.3 is 4.74 Å². The predicted octanol–water partition coefficient (Wildman–Crippen LogP) is 3.85. The standard InChI is InChI=1S/C13H12Cl2N2O4/c1-13(2,3)21-12(18)8(6-16)11-9(14)4-7(17(19)20)5-10(11)15/h4-5,8H,1-3H3. The molecule has 0 aliphatic rings. The molecule has 8 heteroatoms. The Morgan fingerprint density at radius 1 is 1.38 bits per heavy atom. The van der Waals surface area contributed by atoms with Crippen LogP contribution in [0.2, 0.25) is 10.0 Å². The molecule has 1 unspecified atom stereocenters. The first kappa shape index (κ1) is 17.2. The maximum Gasteiger partial charge on any atom is 0.328 e. The van der Waals surface area contributed by atoms with E-state index in [2.05, 4.69) is 0 Å². The Morgan fingerprint density at radius 2 is 1.86 bits per heavy atom. The minimum atomic E-state index is -1.36. The second-order valence-corrected chi connectivity index (χ2v) is 5.99. The Kier molecular flexibility index (Phi) is 5.15. The lowest BCUT2D eigenvalue weighted by Gasteiger charge is -2.22. The van der Waals surface area contributed by atoms with Gasteiger partial charge in [0, 0.05) is 17.7 Å². The number of nitro groups is 1. The molecular formula is C13H12Cl2N2O4. The summed E-state index contributed by atoms with van der Waals surface area (Å²) in [5.41, 5.74) is -1.11. The summed E-state index contributed by atoms with van der Waals surface area (Å²) in [4.78, 5) is 22.1. The first-order valence-electron chi connectivity index (χ1n) is 5.82. The Hall–Kier alpha value is -1.84. The number of carbonyl (C=O) groups is 1. The molecule has 0 saturated carbocycles. The van der Waals surface area contributed by atoms with Gasteiger partial charge in [0.15, 0.2) is 5.92 Å². The molecule has 0 fully saturated rings. The third-order valence-corrected chi connectivity index (χ3v) is 2.96. The fraction of sp³-hybridized carbons (Fsp3) is 0.385. The van der Waals surface area contributed by atoms with Crippen molar-refractivity contribution in [3.63, 3.8) is 0 Å². The van der Waals surface area contributed by atoms with Crippen molar-refractivity contribution >= 4 is 34.9 Å². The van der Waals surface area contributed by atoms with E-state index in [1.807, 2.05) is 0 Å². The summed E-state index contributed by atoms with van der Waals surface area (Å²) in [5, 5.41) is 19.6. The number of non-ortho nitro benzene ring substituents is 1.